The Labute approximate surface area is 104 Å². The Bertz CT molecular complexity index is 317. The maximum atomic E-state index is 12.4. The monoisotopic (exact) mass is 234 g/mol. The fourth-order valence-electron chi connectivity index (χ4n) is 2.83. The highest BCUT2D eigenvalue weighted by Crippen LogP contribution is 2.34. The Morgan fingerprint density at radius 2 is 2.12 bits per heavy atom. The van der Waals surface area contributed by atoms with Gasteiger partial charge in [0.1, 0.15) is 0 Å². The van der Waals surface area contributed by atoms with E-state index in [9.17, 15) is 4.79 Å². The Balaban J connectivity index is 1.96. The van der Waals surface area contributed by atoms with Crippen molar-refractivity contribution in [2.24, 2.45) is 23.5 Å². The van der Waals surface area contributed by atoms with Gasteiger partial charge in [-0.25, -0.2) is 0 Å². The van der Waals surface area contributed by atoms with Gasteiger partial charge in [0, 0.05) is 12.5 Å². The van der Waals surface area contributed by atoms with Crippen molar-refractivity contribution in [3.63, 3.8) is 0 Å². The third-order valence-corrected chi connectivity index (χ3v) is 4.05. The molecule has 2 atom stereocenters. The van der Waals surface area contributed by atoms with E-state index >= 15 is 0 Å². The zero-order valence-corrected chi connectivity index (χ0v) is 10.4. The van der Waals surface area contributed by atoms with E-state index in [1.165, 1.54) is 12.8 Å². The molecule has 3 heteroatoms. The predicted octanol–water partition coefficient (Wildman–Crippen LogP) is 1.23. The third kappa shape index (κ3) is 3.01. The molecule has 2 saturated carbocycles. The zero-order valence-electron chi connectivity index (χ0n) is 10.4. The summed E-state index contributed by atoms with van der Waals surface area (Å²) in [6.45, 7) is 1.95. The Morgan fingerprint density at radius 3 is 2.71 bits per heavy atom. The van der Waals surface area contributed by atoms with Gasteiger partial charge in [0.2, 0.25) is 5.91 Å². The second-order valence-electron chi connectivity index (χ2n) is 5.40. The molecule has 2 fully saturated rings. The maximum Gasteiger partial charge on any atom is 0.226 e. The standard InChI is InChI=1S/C14H22N2O/c1-2-8-16(10-11-6-7-11)14(17)13-5-3-4-12(13)9-15/h1,11-13H,3-10,15H2. The smallest absolute Gasteiger partial charge is 0.226 e. The fourth-order valence-corrected chi connectivity index (χ4v) is 2.83. The largest absolute Gasteiger partial charge is 0.331 e. The lowest BCUT2D eigenvalue weighted by molar-refractivity contribution is -0.136. The van der Waals surface area contributed by atoms with Gasteiger partial charge in [0.05, 0.1) is 6.54 Å². The molecule has 2 aliphatic carbocycles. The molecule has 94 valence electrons. The van der Waals surface area contributed by atoms with Crippen LogP contribution in [0.15, 0.2) is 0 Å². The Hall–Kier alpha value is -1.01. The summed E-state index contributed by atoms with van der Waals surface area (Å²) >= 11 is 0. The lowest BCUT2D eigenvalue weighted by Crippen LogP contribution is -2.40. The van der Waals surface area contributed by atoms with E-state index < -0.39 is 0 Å². The quantitative estimate of drug-likeness (QED) is 0.727. The minimum Gasteiger partial charge on any atom is -0.331 e. The van der Waals surface area contributed by atoms with Crippen molar-refractivity contribution in [3.05, 3.63) is 0 Å². The normalized spacial score (nSPS) is 27.8. The molecule has 0 aliphatic heterocycles. The molecule has 2 unspecified atom stereocenters. The van der Waals surface area contributed by atoms with Crippen molar-refractivity contribution < 1.29 is 4.79 Å². The fraction of sp³-hybridized carbons (Fsp3) is 0.786. The number of nitrogens with zero attached hydrogens (tertiary/aromatic N) is 1. The summed E-state index contributed by atoms with van der Waals surface area (Å²) in [6, 6.07) is 0. The van der Waals surface area contributed by atoms with E-state index in [2.05, 4.69) is 5.92 Å². The summed E-state index contributed by atoms with van der Waals surface area (Å²) in [7, 11) is 0. The molecule has 0 saturated heterocycles. The molecular weight excluding hydrogens is 212 g/mol. The van der Waals surface area contributed by atoms with Crippen LogP contribution >= 0.6 is 0 Å². The van der Waals surface area contributed by atoms with Crippen LogP contribution in [0, 0.1) is 30.1 Å². The van der Waals surface area contributed by atoms with Gasteiger partial charge in [-0.3, -0.25) is 4.79 Å². The van der Waals surface area contributed by atoms with Crippen LogP contribution < -0.4 is 5.73 Å². The molecule has 2 rings (SSSR count). The third-order valence-electron chi connectivity index (χ3n) is 4.05. The molecule has 0 spiro atoms. The van der Waals surface area contributed by atoms with E-state index in [1.807, 2.05) is 4.90 Å². The first-order chi connectivity index (χ1) is 8.26. The highest BCUT2D eigenvalue weighted by molar-refractivity contribution is 5.79. The highest BCUT2D eigenvalue weighted by Gasteiger charge is 2.36. The minimum atomic E-state index is 0.132. The van der Waals surface area contributed by atoms with Crippen LogP contribution in [0.1, 0.15) is 32.1 Å². The number of carbonyl (C=O) groups excluding carboxylic acids is 1. The summed E-state index contributed by atoms with van der Waals surface area (Å²) in [5, 5.41) is 0. The second kappa shape index (κ2) is 5.55. The number of amides is 1. The van der Waals surface area contributed by atoms with Crippen LogP contribution in [0.2, 0.25) is 0 Å². The molecule has 17 heavy (non-hydrogen) atoms. The molecule has 0 heterocycles. The van der Waals surface area contributed by atoms with Gasteiger partial charge in [-0.15, -0.1) is 6.42 Å². The number of nitrogens with two attached hydrogens (primary N) is 1. The van der Waals surface area contributed by atoms with Crippen molar-refractivity contribution >= 4 is 5.91 Å². The van der Waals surface area contributed by atoms with Gasteiger partial charge in [0.15, 0.2) is 0 Å². The number of carbonyl (C=O) groups is 1. The van der Waals surface area contributed by atoms with Gasteiger partial charge in [-0.1, -0.05) is 12.3 Å². The average Bonchev–Trinajstić information content (AvgIpc) is 3.02. The van der Waals surface area contributed by atoms with Gasteiger partial charge < -0.3 is 10.6 Å². The SMILES string of the molecule is C#CCN(CC1CC1)C(=O)C1CCCC1CN. The molecule has 0 aromatic heterocycles. The van der Waals surface area contributed by atoms with E-state index in [4.69, 9.17) is 12.2 Å². The zero-order chi connectivity index (χ0) is 12.3. The molecule has 0 aromatic carbocycles. The van der Waals surface area contributed by atoms with Crippen molar-refractivity contribution in [2.45, 2.75) is 32.1 Å². The summed E-state index contributed by atoms with van der Waals surface area (Å²) in [4.78, 5) is 14.3. The summed E-state index contributed by atoms with van der Waals surface area (Å²) in [6.07, 6.45) is 11.1. The minimum absolute atomic E-state index is 0.132. The van der Waals surface area contributed by atoms with Crippen LogP contribution in [0.4, 0.5) is 0 Å². The van der Waals surface area contributed by atoms with Crippen molar-refractivity contribution in [2.75, 3.05) is 19.6 Å². The predicted molar refractivity (Wildman–Crippen MR) is 68.0 cm³/mol. The van der Waals surface area contributed by atoms with E-state index in [0.29, 0.717) is 24.9 Å². The van der Waals surface area contributed by atoms with Crippen LogP contribution in [0.5, 0.6) is 0 Å². The average molecular weight is 234 g/mol. The number of hydrogen-bond acceptors (Lipinski definition) is 2. The summed E-state index contributed by atoms with van der Waals surface area (Å²) in [5.41, 5.74) is 5.74. The van der Waals surface area contributed by atoms with Crippen molar-refractivity contribution in [1.82, 2.24) is 4.90 Å². The number of hydrogen-bond donors (Lipinski definition) is 1. The maximum absolute atomic E-state index is 12.4. The molecule has 0 aromatic rings. The summed E-state index contributed by atoms with van der Waals surface area (Å²) < 4.78 is 0. The molecule has 0 radical (unpaired) electrons. The van der Waals surface area contributed by atoms with Gasteiger partial charge in [-0.05, 0) is 44.1 Å². The van der Waals surface area contributed by atoms with Gasteiger partial charge >= 0.3 is 0 Å². The first-order valence-electron chi connectivity index (χ1n) is 6.68. The van der Waals surface area contributed by atoms with Crippen molar-refractivity contribution in [3.8, 4) is 12.3 Å². The summed E-state index contributed by atoms with van der Waals surface area (Å²) in [5.74, 6) is 4.07. The lowest BCUT2D eigenvalue weighted by Gasteiger charge is -2.26. The van der Waals surface area contributed by atoms with Gasteiger partial charge in [0.25, 0.3) is 0 Å². The van der Waals surface area contributed by atoms with E-state index in [-0.39, 0.29) is 11.8 Å². The van der Waals surface area contributed by atoms with Crippen LogP contribution in [-0.4, -0.2) is 30.4 Å². The van der Waals surface area contributed by atoms with Crippen LogP contribution in [0.3, 0.4) is 0 Å². The highest BCUT2D eigenvalue weighted by atomic mass is 16.2. The molecular formula is C14H22N2O. The topological polar surface area (TPSA) is 46.3 Å². The lowest BCUT2D eigenvalue weighted by atomic mass is 9.94. The first kappa shape index (κ1) is 12.4. The van der Waals surface area contributed by atoms with Crippen LogP contribution in [0.25, 0.3) is 0 Å². The Kier molecular flexibility index (Phi) is 4.06. The van der Waals surface area contributed by atoms with Crippen molar-refractivity contribution in [1.29, 1.82) is 0 Å². The molecule has 2 N–H and O–H groups in total. The van der Waals surface area contributed by atoms with E-state index in [0.717, 1.165) is 25.8 Å². The molecule has 2 aliphatic rings. The first-order valence-corrected chi connectivity index (χ1v) is 6.68. The Morgan fingerprint density at radius 1 is 1.35 bits per heavy atom. The molecule has 0 bridgehead atoms. The van der Waals surface area contributed by atoms with E-state index in [1.54, 1.807) is 0 Å². The van der Waals surface area contributed by atoms with Crippen LogP contribution in [-0.2, 0) is 4.79 Å². The number of rotatable bonds is 5. The molecule has 3 nitrogen and oxygen atoms in total. The van der Waals surface area contributed by atoms with Gasteiger partial charge in [-0.2, -0.15) is 0 Å². The molecule has 1 amide bonds. The number of terminal acetylenes is 1. The second-order valence-corrected chi connectivity index (χ2v) is 5.40.